The molecule has 1 amide bonds. The van der Waals surface area contributed by atoms with Crippen LogP contribution in [0.3, 0.4) is 0 Å². The lowest BCUT2D eigenvalue weighted by molar-refractivity contribution is 0.0917. The van der Waals surface area contributed by atoms with Crippen LogP contribution in [0.1, 0.15) is 65.7 Å². The van der Waals surface area contributed by atoms with E-state index in [4.69, 9.17) is 4.74 Å². The van der Waals surface area contributed by atoms with Gasteiger partial charge in [-0.15, -0.1) is 10.2 Å². The molecule has 0 saturated carbocycles. The van der Waals surface area contributed by atoms with Gasteiger partial charge in [0, 0.05) is 13.0 Å². The van der Waals surface area contributed by atoms with Gasteiger partial charge in [-0.25, -0.2) is 0 Å². The fourth-order valence-electron chi connectivity index (χ4n) is 3.94. The van der Waals surface area contributed by atoms with Crippen molar-refractivity contribution in [2.24, 2.45) is 0 Å². The van der Waals surface area contributed by atoms with Crippen LogP contribution in [0.15, 0.2) is 18.2 Å². The van der Waals surface area contributed by atoms with Gasteiger partial charge < -0.3 is 14.6 Å². The summed E-state index contributed by atoms with van der Waals surface area (Å²) in [4.78, 5) is 12.8. The van der Waals surface area contributed by atoms with Crippen LogP contribution in [0, 0.1) is 0 Å². The van der Waals surface area contributed by atoms with Gasteiger partial charge in [-0.05, 0) is 55.4 Å². The highest BCUT2D eigenvalue weighted by molar-refractivity contribution is 5.91. The number of fused-ring (bicyclic) bond motifs is 2. The number of carbonyl (C=O) groups excluding carboxylic acids is 1. The Morgan fingerprint density at radius 3 is 3.00 bits per heavy atom. The van der Waals surface area contributed by atoms with Crippen molar-refractivity contribution in [3.8, 4) is 5.75 Å². The average Bonchev–Trinajstić information content (AvgIpc) is 2.90. The first-order valence-electron chi connectivity index (χ1n) is 9.16. The van der Waals surface area contributed by atoms with Crippen molar-refractivity contribution in [3.63, 3.8) is 0 Å². The van der Waals surface area contributed by atoms with Crippen molar-refractivity contribution < 1.29 is 9.53 Å². The van der Waals surface area contributed by atoms with Crippen LogP contribution in [0.5, 0.6) is 5.75 Å². The number of hydrogen-bond acceptors (Lipinski definition) is 4. The normalized spacial score (nSPS) is 19.5. The molecule has 1 N–H and O–H groups in total. The average molecular weight is 340 g/mol. The Labute approximate surface area is 147 Å². The van der Waals surface area contributed by atoms with Gasteiger partial charge in [0.1, 0.15) is 11.6 Å². The number of rotatable bonds is 3. The highest BCUT2D eigenvalue weighted by atomic mass is 16.5. The van der Waals surface area contributed by atoms with Gasteiger partial charge in [0.25, 0.3) is 5.91 Å². The minimum atomic E-state index is -0.116. The zero-order valence-corrected chi connectivity index (χ0v) is 14.6. The lowest BCUT2D eigenvalue weighted by Gasteiger charge is -2.26. The van der Waals surface area contributed by atoms with E-state index in [0.29, 0.717) is 5.82 Å². The minimum absolute atomic E-state index is 0.0286. The molecule has 1 aliphatic heterocycles. The zero-order valence-electron chi connectivity index (χ0n) is 14.6. The highest BCUT2D eigenvalue weighted by Gasteiger charge is 2.26. The standard InChI is InChI=1S/C19H24N4O2/c1-25-14-9-10-15-13(12-14)6-5-7-16(15)20-19(24)18-22-21-17-8-3-2-4-11-23(17)18/h9-10,12,16H,2-8,11H2,1H3,(H,20,24). The van der Waals surface area contributed by atoms with Crippen LogP contribution in [-0.4, -0.2) is 27.8 Å². The Hall–Kier alpha value is -2.37. The molecule has 2 aliphatic rings. The summed E-state index contributed by atoms with van der Waals surface area (Å²) in [6, 6.07) is 6.15. The quantitative estimate of drug-likeness (QED) is 0.933. The molecule has 25 heavy (non-hydrogen) atoms. The van der Waals surface area contributed by atoms with Crippen LogP contribution >= 0.6 is 0 Å². The van der Waals surface area contributed by atoms with E-state index in [2.05, 4.69) is 27.6 Å². The molecule has 132 valence electrons. The van der Waals surface area contributed by atoms with Gasteiger partial charge in [-0.2, -0.15) is 0 Å². The molecule has 1 unspecified atom stereocenters. The lowest BCUT2D eigenvalue weighted by atomic mass is 9.87. The smallest absolute Gasteiger partial charge is 0.289 e. The summed E-state index contributed by atoms with van der Waals surface area (Å²) in [5, 5.41) is 11.6. The van der Waals surface area contributed by atoms with E-state index in [0.717, 1.165) is 56.6 Å². The second-order valence-electron chi connectivity index (χ2n) is 6.89. The Morgan fingerprint density at radius 1 is 1.20 bits per heavy atom. The molecule has 1 aliphatic carbocycles. The summed E-state index contributed by atoms with van der Waals surface area (Å²) in [6.07, 6.45) is 7.33. The number of benzene rings is 1. The number of aromatic nitrogens is 3. The van der Waals surface area contributed by atoms with Crippen LogP contribution < -0.4 is 10.1 Å². The topological polar surface area (TPSA) is 69.0 Å². The number of methoxy groups -OCH3 is 1. The van der Waals surface area contributed by atoms with Crippen molar-refractivity contribution >= 4 is 5.91 Å². The Bertz CT molecular complexity index is 784. The summed E-state index contributed by atoms with van der Waals surface area (Å²) in [7, 11) is 1.68. The number of ether oxygens (including phenoxy) is 1. The largest absolute Gasteiger partial charge is 0.497 e. The summed E-state index contributed by atoms with van der Waals surface area (Å²) in [6.45, 7) is 0.837. The first-order chi connectivity index (χ1) is 12.3. The van der Waals surface area contributed by atoms with Gasteiger partial charge in [-0.3, -0.25) is 4.79 Å². The van der Waals surface area contributed by atoms with E-state index < -0.39 is 0 Å². The predicted octanol–water partition coefficient (Wildman–Crippen LogP) is 2.82. The van der Waals surface area contributed by atoms with Crippen molar-refractivity contribution in [3.05, 3.63) is 41.0 Å². The Kier molecular flexibility index (Phi) is 4.42. The molecule has 0 spiro atoms. The van der Waals surface area contributed by atoms with Gasteiger partial charge in [0.15, 0.2) is 0 Å². The van der Waals surface area contributed by atoms with Gasteiger partial charge in [0.05, 0.1) is 13.2 Å². The van der Waals surface area contributed by atoms with E-state index in [-0.39, 0.29) is 11.9 Å². The Morgan fingerprint density at radius 2 is 2.12 bits per heavy atom. The molecule has 0 saturated heterocycles. The third kappa shape index (κ3) is 3.13. The molecule has 6 nitrogen and oxygen atoms in total. The monoisotopic (exact) mass is 340 g/mol. The van der Waals surface area contributed by atoms with Crippen LogP contribution in [0.2, 0.25) is 0 Å². The summed E-state index contributed by atoms with van der Waals surface area (Å²) >= 11 is 0. The van der Waals surface area contributed by atoms with Gasteiger partial charge >= 0.3 is 0 Å². The predicted molar refractivity (Wildman–Crippen MR) is 93.7 cm³/mol. The molecule has 2 aromatic rings. The number of amides is 1. The zero-order chi connectivity index (χ0) is 17.2. The molecule has 1 aromatic heterocycles. The van der Waals surface area contributed by atoms with Crippen molar-refractivity contribution in [1.82, 2.24) is 20.1 Å². The third-order valence-electron chi connectivity index (χ3n) is 5.28. The third-order valence-corrected chi connectivity index (χ3v) is 5.28. The molecule has 0 fully saturated rings. The maximum atomic E-state index is 12.8. The molecular formula is C19H24N4O2. The van der Waals surface area contributed by atoms with Crippen LogP contribution in [-0.2, 0) is 19.4 Å². The van der Waals surface area contributed by atoms with E-state index in [1.807, 2.05) is 10.6 Å². The van der Waals surface area contributed by atoms with Crippen molar-refractivity contribution in [1.29, 1.82) is 0 Å². The number of nitrogens with one attached hydrogen (secondary N) is 1. The fourth-order valence-corrected chi connectivity index (χ4v) is 3.94. The number of nitrogens with zero attached hydrogens (tertiary/aromatic N) is 3. The van der Waals surface area contributed by atoms with Crippen LogP contribution in [0.25, 0.3) is 0 Å². The van der Waals surface area contributed by atoms with E-state index >= 15 is 0 Å². The molecule has 1 atom stereocenters. The molecule has 6 heteroatoms. The summed E-state index contributed by atoms with van der Waals surface area (Å²) in [5.74, 6) is 2.15. The van der Waals surface area contributed by atoms with E-state index in [1.165, 1.54) is 17.5 Å². The fraction of sp³-hybridized carbons (Fsp3) is 0.526. The molecule has 4 rings (SSSR count). The molecule has 2 heterocycles. The lowest BCUT2D eigenvalue weighted by Crippen LogP contribution is -2.33. The van der Waals surface area contributed by atoms with E-state index in [9.17, 15) is 4.79 Å². The number of hydrogen-bond donors (Lipinski definition) is 1. The Balaban J connectivity index is 1.56. The van der Waals surface area contributed by atoms with Gasteiger partial charge in [0.2, 0.25) is 5.82 Å². The SMILES string of the molecule is COc1ccc2c(c1)CCCC2NC(=O)c1nnc2n1CCCCC2. The minimum Gasteiger partial charge on any atom is -0.497 e. The first-order valence-corrected chi connectivity index (χ1v) is 9.16. The van der Waals surface area contributed by atoms with Crippen molar-refractivity contribution in [2.45, 2.75) is 57.5 Å². The summed E-state index contributed by atoms with van der Waals surface area (Å²) in [5.41, 5.74) is 2.45. The van der Waals surface area contributed by atoms with Crippen LogP contribution in [0.4, 0.5) is 0 Å². The summed E-state index contributed by atoms with van der Waals surface area (Å²) < 4.78 is 7.32. The van der Waals surface area contributed by atoms with Gasteiger partial charge in [-0.1, -0.05) is 12.5 Å². The molecule has 0 radical (unpaired) electrons. The molecular weight excluding hydrogens is 316 g/mol. The van der Waals surface area contributed by atoms with Crippen molar-refractivity contribution in [2.75, 3.05) is 7.11 Å². The van der Waals surface area contributed by atoms with E-state index in [1.54, 1.807) is 7.11 Å². The maximum absolute atomic E-state index is 12.8. The molecule has 0 bridgehead atoms. The number of carbonyl (C=O) groups is 1. The second kappa shape index (κ2) is 6.86. The molecule has 1 aromatic carbocycles. The maximum Gasteiger partial charge on any atom is 0.289 e. The first kappa shape index (κ1) is 16.1. The number of aryl methyl sites for hydroxylation is 2. The second-order valence-corrected chi connectivity index (χ2v) is 6.89. The highest BCUT2D eigenvalue weighted by Crippen LogP contribution is 2.32.